The minimum Gasteiger partial charge on any atom is -0.396 e. The number of hydrogen-bond donors (Lipinski definition) is 3. The van der Waals surface area contributed by atoms with E-state index in [0.717, 1.165) is 19.0 Å². The van der Waals surface area contributed by atoms with Gasteiger partial charge in [0.1, 0.15) is 0 Å². The fourth-order valence-electron chi connectivity index (χ4n) is 1.04. The van der Waals surface area contributed by atoms with Crippen molar-refractivity contribution >= 4 is 5.96 Å². The first-order chi connectivity index (χ1) is 6.03. The molecule has 13 heavy (non-hydrogen) atoms. The maximum Gasteiger partial charge on any atom is 0.191 e. The van der Waals surface area contributed by atoms with Gasteiger partial charge < -0.3 is 15.7 Å². The zero-order chi connectivity index (χ0) is 9.90. The zero-order valence-electron chi connectivity index (χ0n) is 8.59. The molecule has 4 nitrogen and oxygen atoms in total. The molecule has 0 aromatic heterocycles. The highest BCUT2D eigenvalue weighted by Crippen LogP contribution is 2.11. The van der Waals surface area contributed by atoms with Gasteiger partial charge in [-0.3, -0.25) is 4.99 Å². The van der Waals surface area contributed by atoms with Gasteiger partial charge in [0, 0.05) is 24.6 Å². The first kappa shape index (κ1) is 10.3. The lowest BCUT2D eigenvalue weighted by molar-refractivity contribution is 0.162. The molecule has 1 rings (SSSR count). The molecule has 1 heterocycles. The van der Waals surface area contributed by atoms with Crippen LogP contribution in [-0.2, 0) is 0 Å². The lowest BCUT2D eigenvalue weighted by Crippen LogP contribution is -2.42. The molecule has 0 aromatic rings. The van der Waals surface area contributed by atoms with Crippen molar-refractivity contribution in [1.29, 1.82) is 0 Å². The van der Waals surface area contributed by atoms with Gasteiger partial charge in [0.25, 0.3) is 0 Å². The molecule has 76 valence electrons. The molecule has 0 saturated heterocycles. The molecule has 1 unspecified atom stereocenters. The Bertz CT molecular complexity index is 201. The normalized spacial score (nSPS) is 22.5. The van der Waals surface area contributed by atoms with Crippen LogP contribution in [0.4, 0.5) is 0 Å². The number of guanidine groups is 1. The van der Waals surface area contributed by atoms with E-state index in [1.165, 1.54) is 0 Å². The van der Waals surface area contributed by atoms with E-state index in [1.54, 1.807) is 0 Å². The molecule has 1 aliphatic rings. The van der Waals surface area contributed by atoms with E-state index in [2.05, 4.69) is 22.5 Å². The zero-order valence-corrected chi connectivity index (χ0v) is 8.59. The Morgan fingerprint density at radius 3 is 2.85 bits per heavy atom. The van der Waals surface area contributed by atoms with Gasteiger partial charge in [-0.1, -0.05) is 13.8 Å². The summed E-state index contributed by atoms with van der Waals surface area (Å²) < 4.78 is 0. The van der Waals surface area contributed by atoms with Crippen LogP contribution in [0.1, 0.15) is 20.8 Å². The predicted molar refractivity (Wildman–Crippen MR) is 53.8 cm³/mol. The standard InChI is InChI=1S/C9H19N3O/c1-7-4-10-8(12-7)11-5-9(2,3)6-13/h7,13H,4-6H2,1-3H3,(H2,10,11,12). The third-order valence-corrected chi connectivity index (χ3v) is 2.07. The van der Waals surface area contributed by atoms with Crippen molar-refractivity contribution in [1.82, 2.24) is 10.6 Å². The lowest BCUT2D eigenvalue weighted by Gasteiger charge is -2.22. The average molecular weight is 185 g/mol. The number of rotatable bonds is 3. The molecule has 0 aromatic carbocycles. The minimum absolute atomic E-state index is 0.0873. The Labute approximate surface area is 79.4 Å². The SMILES string of the molecule is CC1CN=C(NCC(C)(C)CO)N1. The van der Waals surface area contributed by atoms with Gasteiger partial charge in [0.05, 0.1) is 6.54 Å². The average Bonchev–Trinajstić information content (AvgIpc) is 2.48. The number of aliphatic hydroxyl groups is 1. The summed E-state index contributed by atoms with van der Waals surface area (Å²) in [6, 6.07) is 0.430. The van der Waals surface area contributed by atoms with Gasteiger partial charge >= 0.3 is 0 Å². The fourth-order valence-corrected chi connectivity index (χ4v) is 1.04. The molecule has 0 spiro atoms. The number of hydrogen-bond acceptors (Lipinski definition) is 4. The quantitative estimate of drug-likeness (QED) is 0.577. The van der Waals surface area contributed by atoms with E-state index < -0.39 is 0 Å². The van der Waals surface area contributed by atoms with Crippen molar-refractivity contribution < 1.29 is 5.11 Å². The van der Waals surface area contributed by atoms with Gasteiger partial charge in [0.2, 0.25) is 0 Å². The highest BCUT2D eigenvalue weighted by Gasteiger charge is 2.18. The molecule has 1 aliphatic heterocycles. The summed E-state index contributed by atoms with van der Waals surface area (Å²) in [5.41, 5.74) is -0.0873. The van der Waals surface area contributed by atoms with Crippen molar-refractivity contribution in [3.63, 3.8) is 0 Å². The number of nitrogens with zero attached hydrogens (tertiary/aromatic N) is 1. The van der Waals surface area contributed by atoms with Crippen molar-refractivity contribution in [3.8, 4) is 0 Å². The van der Waals surface area contributed by atoms with Crippen LogP contribution in [0.25, 0.3) is 0 Å². The van der Waals surface area contributed by atoms with Gasteiger partial charge in [-0.15, -0.1) is 0 Å². The van der Waals surface area contributed by atoms with Crippen molar-refractivity contribution in [2.24, 2.45) is 10.4 Å². The molecular weight excluding hydrogens is 166 g/mol. The summed E-state index contributed by atoms with van der Waals surface area (Å²) >= 11 is 0. The third-order valence-electron chi connectivity index (χ3n) is 2.07. The maximum absolute atomic E-state index is 9.02. The summed E-state index contributed by atoms with van der Waals surface area (Å²) in [7, 11) is 0. The molecule has 4 heteroatoms. The predicted octanol–water partition coefficient (Wildman–Crippen LogP) is -0.0578. The van der Waals surface area contributed by atoms with E-state index in [-0.39, 0.29) is 12.0 Å². The first-order valence-corrected chi connectivity index (χ1v) is 4.69. The number of nitrogens with one attached hydrogen (secondary N) is 2. The molecule has 0 fully saturated rings. The van der Waals surface area contributed by atoms with Gasteiger partial charge in [-0.25, -0.2) is 0 Å². The van der Waals surface area contributed by atoms with Crippen LogP contribution in [-0.4, -0.2) is 36.8 Å². The molecular formula is C9H19N3O. The van der Waals surface area contributed by atoms with Crippen molar-refractivity contribution in [3.05, 3.63) is 0 Å². The van der Waals surface area contributed by atoms with Crippen LogP contribution in [0.5, 0.6) is 0 Å². The minimum atomic E-state index is -0.0873. The summed E-state index contributed by atoms with van der Waals surface area (Å²) in [5, 5.41) is 15.4. The van der Waals surface area contributed by atoms with Gasteiger partial charge in [-0.05, 0) is 6.92 Å². The van der Waals surface area contributed by atoms with Crippen molar-refractivity contribution in [2.75, 3.05) is 19.7 Å². The van der Waals surface area contributed by atoms with Gasteiger partial charge in [0.15, 0.2) is 5.96 Å². The van der Waals surface area contributed by atoms with Crippen molar-refractivity contribution in [2.45, 2.75) is 26.8 Å². The topological polar surface area (TPSA) is 56.7 Å². The van der Waals surface area contributed by atoms with Gasteiger partial charge in [-0.2, -0.15) is 0 Å². The van der Waals surface area contributed by atoms with E-state index in [4.69, 9.17) is 5.11 Å². The molecule has 0 aliphatic carbocycles. The van der Waals surface area contributed by atoms with E-state index in [9.17, 15) is 0 Å². The van der Waals surface area contributed by atoms with Crippen LogP contribution in [0.15, 0.2) is 4.99 Å². The van der Waals surface area contributed by atoms with E-state index in [0.29, 0.717) is 6.04 Å². The number of aliphatic hydroxyl groups excluding tert-OH is 1. The second-order valence-electron chi connectivity index (χ2n) is 4.41. The Morgan fingerprint density at radius 2 is 2.38 bits per heavy atom. The second-order valence-corrected chi connectivity index (χ2v) is 4.41. The van der Waals surface area contributed by atoms with Crippen LogP contribution in [0.2, 0.25) is 0 Å². The Balaban J connectivity index is 2.27. The number of aliphatic imine (C=N–C) groups is 1. The summed E-state index contributed by atoms with van der Waals surface area (Å²) in [6.45, 7) is 7.88. The summed E-state index contributed by atoms with van der Waals surface area (Å²) in [6.07, 6.45) is 0. The fraction of sp³-hybridized carbons (Fsp3) is 0.889. The largest absolute Gasteiger partial charge is 0.396 e. The summed E-state index contributed by atoms with van der Waals surface area (Å²) in [5.74, 6) is 0.856. The smallest absolute Gasteiger partial charge is 0.191 e. The second kappa shape index (κ2) is 3.96. The monoisotopic (exact) mass is 185 g/mol. The molecule has 0 saturated carbocycles. The highest BCUT2D eigenvalue weighted by atomic mass is 16.3. The molecule has 1 atom stereocenters. The molecule has 0 radical (unpaired) electrons. The van der Waals surface area contributed by atoms with E-state index >= 15 is 0 Å². The summed E-state index contributed by atoms with van der Waals surface area (Å²) in [4.78, 5) is 4.27. The lowest BCUT2D eigenvalue weighted by atomic mass is 9.95. The molecule has 0 amide bonds. The first-order valence-electron chi connectivity index (χ1n) is 4.69. The molecule has 3 N–H and O–H groups in total. The maximum atomic E-state index is 9.02. The van der Waals surface area contributed by atoms with E-state index in [1.807, 2.05) is 13.8 Å². The van der Waals surface area contributed by atoms with Crippen LogP contribution < -0.4 is 10.6 Å². The van der Waals surface area contributed by atoms with Crippen LogP contribution >= 0.6 is 0 Å². The Hall–Kier alpha value is -0.770. The van der Waals surface area contributed by atoms with Crippen LogP contribution in [0, 0.1) is 5.41 Å². The Morgan fingerprint density at radius 1 is 1.69 bits per heavy atom. The Kier molecular flexibility index (Phi) is 3.14. The highest BCUT2D eigenvalue weighted by molar-refractivity contribution is 5.81. The molecule has 0 bridgehead atoms. The van der Waals surface area contributed by atoms with Crippen LogP contribution in [0.3, 0.4) is 0 Å². The third kappa shape index (κ3) is 3.22.